The second-order valence-corrected chi connectivity index (χ2v) is 9.01. The Labute approximate surface area is 213 Å². The van der Waals surface area contributed by atoms with Crippen LogP contribution in [0.5, 0.6) is 11.5 Å². The summed E-state index contributed by atoms with van der Waals surface area (Å²) in [6.45, 7) is 3.80. The molecule has 1 aliphatic rings. The van der Waals surface area contributed by atoms with Gasteiger partial charge in [-0.3, -0.25) is 14.5 Å². The van der Waals surface area contributed by atoms with Crippen LogP contribution in [0.4, 0.5) is 5.69 Å². The molecule has 1 aliphatic heterocycles. The van der Waals surface area contributed by atoms with Gasteiger partial charge in [-0.1, -0.05) is 59.1 Å². The molecule has 1 heterocycles. The first-order valence-electron chi connectivity index (χ1n) is 10.7. The van der Waals surface area contributed by atoms with Crippen LogP contribution in [0.1, 0.15) is 28.3 Å². The summed E-state index contributed by atoms with van der Waals surface area (Å²) in [6, 6.07) is 14.5. The Balaban J connectivity index is 2.07. The van der Waals surface area contributed by atoms with Crippen LogP contribution in [0.15, 0.2) is 60.2 Å². The van der Waals surface area contributed by atoms with E-state index >= 15 is 0 Å². The molecule has 0 spiro atoms. The first-order valence-corrected chi connectivity index (χ1v) is 11.5. The number of aliphatic hydroxyl groups is 1. The van der Waals surface area contributed by atoms with Crippen molar-refractivity contribution in [2.45, 2.75) is 19.9 Å². The van der Waals surface area contributed by atoms with Gasteiger partial charge in [0.15, 0.2) is 0 Å². The van der Waals surface area contributed by atoms with Crippen LogP contribution in [-0.2, 0) is 9.59 Å². The number of rotatable bonds is 5. The van der Waals surface area contributed by atoms with Gasteiger partial charge in [0.1, 0.15) is 17.3 Å². The average molecular weight is 512 g/mol. The molecule has 0 aliphatic carbocycles. The van der Waals surface area contributed by atoms with Crippen molar-refractivity contribution >= 4 is 46.3 Å². The molecule has 0 saturated carbocycles. The number of ketones is 1. The van der Waals surface area contributed by atoms with Crippen molar-refractivity contribution in [2.75, 3.05) is 19.1 Å². The third-order valence-corrected chi connectivity index (χ3v) is 6.46. The van der Waals surface area contributed by atoms with Gasteiger partial charge in [0, 0.05) is 16.3 Å². The minimum Gasteiger partial charge on any atom is -0.507 e. The van der Waals surface area contributed by atoms with E-state index in [1.165, 1.54) is 31.3 Å². The minimum absolute atomic E-state index is 0.100. The van der Waals surface area contributed by atoms with E-state index < -0.39 is 23.5 Å². The van der Waals surface area contributed by atoms with E-state index in [1.807, 2.05) is 26.0 Å². The van der Waals surface area contributed by atoms with Crippen molar-refractivity contribution < 1.29 is 24.2 Å². The quantitative estimate of drug-likeness (QED) is 0.248. The fraction of sp³-hybridized carbons (Fsp3) is 0.185. The lowest BCUT2D eigenvalue weighted by Crippen LogP contribution is -2.30. The maximum Gasteiger partial charge on any atom is 0.300 e. The van der Waals surface area contributed by atoms with Crippen molar-refractivity contribution in [1.82, 2.24) is 0 Å². The van der Waals surface area contributed by atoms with E-state index in [0.29, 0.717) is 17.0 Å². The Morgan fingerprint density at radius 3 is 2.34 bits per heavy atom. The number of amides is 1. The Kier molecular flexibility index (Phi) is 6.79. The molecule has 0 radical (unpaired) electrons. The second-order valence-electron chi connectivity index (χ2n) is 8.17. The number of halogens is 2. The van der Waals surface area contributed by atoms with Crippen molar-refractivity contribution in [3.63, 3.8) is 0 Å². The minimum atomic E-state index is -0.977. The third kappa shape index (κ3) is 4.24. The number of hydrogen-bond donors (Lipinski definition) is 1. The SMILES string of the molecule is COc1ccccc1C1/C(=C(\O)c2cc(Cl)cc(Cl)c2OC)C(=O)C(=O)N1c1ccc(C)cc1C. The van der Waals surface area contributed by atoms with E-state index in [0.717, 1.165) is 11.1 Å². The molecule has 6 nitrogen and oxygen atoms in total. The number of benzene rings is 3. The van der Waals surface area contributed by atoms with E-state index in [-0.39, 0.29) is 26.9 Å². The van der Waals surface area contributed by atoms with Crippen LogP contribution in [-0.4, -0.2) is 31.0 Å². The molecule has 3 aromatic rings. The lowest BCUT2D eigenvalue weighted by Gasteiger charge is -2.28. The van der Waals surface area contributed by atoms with Gasteiger partial charge in [-0.05, 0) is 43.7 Å². The van der Waals surface area contributed by atoms with E-state index in [2.05, 4.69) is 0 Å². The van der Waals surface area contributed by atoms with Crippen LogP contribution in [0.2, 0.25) is 10.0 Å². The van der Waals surface area contributed by atoms with Gasteiger partial charge in [-0.15, -0.1) is 0 Å². The zero-order chi connectivity index (χ0) is 25.4. The molecule has 4 rings (SSSR count). The maximum absolute atomic E-state index is 13.5. The molecule has 8 heteroatoms. The Bertz CT molecular complexity index is 1380. The van der Waals surface area contributed by atoms with Crippen molar-refractivity contribution in [2.24, 2.45) is 0 Å². The number of ether oxygens (including phenoxy) is 2. The molecule has 1 unspecified atom stereocenters. The number of aliphatic hydroxyl groups excluding tert-OH is 1. The fourth-order valence-electron chi connectivity index (χ4n) is 4.43. The molecular formula is C27H23Cl2NO5. The number of methoxy groups -OCH3 is 2. The van der Waals surface area contributed by atoms with Crippen LogP contribution in [0.25, 0.3) is 5.76 Å². The number of nitrogens with zero attached hydrogens (tertiary/aromatic N) is 1. The molecule has 1 N–H and O–H groups in total. The molecule has 1 atom stereocenters. The summed E-state index contributed by atoms with van der Waals surface area (Å²) in [6.07, 6.45) is 0. The zero-order valence-electron chi connectivity index (χ0n) is 19.6. The number of aryl methyl sites for hydroxylation is 2. The fourth-order valence-corrected chi connectivity index (χ4v) is 5.00. The van der Waals surface area contributed by atoms with Crippen molar-refractivity contribution in [3.8, 4) is 11.5 Å². The highest BCUT2D eigenvalue weighted by atomic mass is 35.5. The van der Waals surface area contributed by atoms with Crippen molar-refractivity contribution in [3.05, 3.63) is 92.5 Å². The standard InChI is InChI=1S/C27H23Cl2NO5/c1-14-9-10-20(15(2)11-14)30-23(17-7-5-6-8-21(17)34-3)22(25(32)27(30)33)24(31)18-12-16(28)13-19(29)26(18)35-4/h5-13,23,31H,1-4H3/b24-22+. The normalized spacial score (nSPS) is 17.1. The van der Waals surface area contributed by atoms with Crippen LogP contribution < -0.4 is 14.4 Å². The topological polar surface area (TPSA) is 76.1 Å². The number of carbonyl (C=O) groups excluding carboxylic acids is 2. The van der Waals surface area contributed by atoms with Crippen LogP contribution >= 0.6 is 23.2 Å². The summed E-state index contributed by atoms with van der Waals surface area (Å²) in [5.41, 5.74) is 2.86. The lowest BCUT2D eigenvalue weighted by atomic mass is 9.94. The third-order valence-electron chi connectivity index (χ3n) is 5.96. The molecular weight excluding hydrogens is 489 g/mol. The first kappa shape index (κ1) is 24.6. The maximum atomic E-state index is 13.5. The molecule has 0 aromatic heterocycles. The molecule has 0 bridgehead atoms. The Hall–Kier alpha value is -3.48. The number of carbonyl (C=O) groups is 2. The summed E-state index contributed by atoms with van der Waals surface area (Å²) in [5, 5.41) is 11.9. The van der Waals surface area contributed by atoms with Gasteiger partial charge in [-0.2, -0.15) is 0 Å². The highest BCUT2D eigenvalue weighted by Gasteiger charge is 2.48. The van der Waals surface area contributed by atoms with Gasteiger partial charge in [0.05, 0.1) is 36.4 Å². The van der Waals surface area contributed by atoms with Crippen LogP contribution in [0, 0.1) is 13.8 Å². The second kappa shape index (κ2) is 9.64. The van der Waals surface area contributed by atoms with E-state index in [4.69, 9.17) is 32.7 Å². The summed E-state index contributed by atoms with van der Waals surface area (Å²) in [5.74, 6) is -1.49. The monoisotopic (exact) mass is 511 g/mol. The predicted molar refractivity (Wildman–Crippen MR) is 137 cm³/mol. The highest BCUT2D eigenvalue weighted by Crippen LogP contribution is 2.47. The molecule has 1 fully saturated rings. The summed E-state index contributed by atoms with van der Waals surface area (Å²) in [4.78, 5) is 28.3. The van der Waals surface area contributed by atoms with Gasteiger partial charge in [-0.25, -0.2) is 0 Å². The smallest absolute Gasteiger partial charge is 0.300 e. The highest BCUT2D eigenvalue weighted by molar-refractivity contribution is 6.52. The largest absolute Gasteiger partial charge is 0.507 e. The number of Topliss-reactive ketones (excluding diaryl/α,β-unsaturated/α-hetero) is 1. The van der Waals surface area contributed by atoms with Gasteiger partial charge in [0.2, 0.25) is 0 Å². The number of hydrogen-bond acceptors (Lipinski definition) is 5. The number of para-hydroxylation sites is 1. The first-order chi connectivity index (χ1) is 16.7. The summed E-state index contributed by atoms with van der Waals surface area (Å²) >= 11 is 12.5. The van der Waals surface area contributed by atoms with Gasteiger partial charge < -0.3 is 14.6 Å². The summed E-state index contributed by atoms with van der Waals surface area (Å²) in [7, 11) is 2.89. The molecule has 1 amide bonds. The Morgan fingerprint density at radius 2 is 1.69 bits per heavy atom. The number of anilines is 1. The van der Waals surface area contributed by atoms with Crippen molar-refractivity contribution in [1.29, 1.82) is 0 Å². The van der Waals surface area contributed by atoms with Crippen LogP contribution in [0.3, 0.4) is 0 Å². The molecule has 35 heavy (non-hydrogen) atoms. The summed E-state index contributed by atoms with van der Waals surface area (Å²) < 4.78 is 10.9. The zero-order valence-corrected chi connectivity index (χ0v) is 21.1. The molecule has 3 aromatic carbocycles. The molecule has 180 valence electrons. The lowest BCUT2D eigenvalue weighted by molar-refractivity contribution is -0.132. The Morgan fingerprint density at radius 1 is 0.971 bits per heavy atom. The average Bonchev–Trinajstić information content (AvgIpc) is 3.08. The predicted octanol–water partition coefficient (Wildman–Crippen LogP) is 6.25. The van der Waals surface area contributed by atoms with Gasteiger partial charge in [0.25, 0.3) is 11.7 Å². The van der Waals surface area contributed by atoms with E-state index in [1.54, 1.807) is 30.3 Å². The van der Waals surface area contributed by atoms with Gasteiger partial charge >= 0.3 is 0 Å². The molecule has 1 saturated heterocycles. The van der Waals surface area contributed by atoms with E-state index in [9.17, 15) is 14.7 Å².